The maximum absolute atomic E-state index is 12.8. The fourth-order valence-electron chi connectivity index (χ4n) is 6.66. The maximum atomic E-state index is 12.8. The van der Waals surface area contributed by atoms with E-state index in [1.807, 2.05) is 19.2 Å². The van der Waals surface area contributed by atoms with Gasteiger partial charge in [-0.2, -0.15) is 0 Å². The zero-order valence-electron chi connectivity index (χ0n) is 21.0. The first-order chi connectivity index (χ1) is 16.5. The molecule has 0 atom stereocenters. The number of hydrogen-bond acceptors (Lipinski definition) is 6. The number of Topliss-reactive ketones (excluding diaryl/α,β-unsaturated/α-hetero) is 1. The number of ether oxygens (including phenoxy) is 1. The molecule has 1 N–H and O–H groups in total. The number of ketones is 1. The van der Waals surface area contributed by atoms with Crippen LogP contribution in [-0.2, 0) is 11.2 Å². The Bertz CT molecular complexity index is 831. The number of aromatic nitrogens is 1. The SMILES string of the molecule is CC1(O)CCC(C(=O)CC2CCC(CCN3CCN(c4nccc5c4CCO5)CC3)CC2)CC1. The van der Waals surface area contributed by atoms with Gasteiger partial charge < -0.3 is 14.7 Å². The molecule has 3 heterocycles. The normalized spacial score (nSPS) is 32.3. The molecule has 0 bridgehead atoms. The topological polar surface area (TPSA) is 65.9 Å². The third-order valence-corrected chi connectivity index (χ3v) is 9.10. The number of nitrogens with zero attached hydrogens (tertiary/aromatic N) is 3. The summed E-state index contributed by atoms with van der Waals surface area (Å²) in [7, 11) is 0. The van der Waals surface area contributed by atoms with E-state index >= 15 is 0 Å². The van der Waals surface area contributed by atoms with Crippen LogP contribution >= 0.6 is 0 Å². The van der Waals surface area contributed by atoms with Crippen LogP contribution in [0.3, 0.4) is 0 Å². The first kappa shape index (κ1) is 24.1. The minimum Gasteiger partial charge on any atom is -0.493 e. The molecule has 1 aromatic heterocycles. The number of pyridine rings is 1. The Labute approximate surface area is 205 Å². The van der Waals surface area contributed by atoms with Gasteiger partial charge >= 0.3 is 0 Å². The van der Waals surface area contributed by atoms with Crippen molar-refractivity contribution in [3.05, 3.63) is 17.8 Å². The van der Waals surface area contributed by atoms with Gasteiger partial charge in [0.05, 0.1) is 12.2 Å². The minimum absolute atomic E-state index is 0.205. The lowest BCUT2D eigenvalue weighted by molar-refractivity contribution is -0.126. The average Bonchev–Trinajstić information content (AvgIpc) is 3.33. The lowest BCUT2D eigenvalue weighted by atomic mass is 9.74. The Morgan fingerprint density at radius 3 is 2.53 bits per heavy atom. The van der Waals surface area contributed by atoms with Gasteiger partial charge in [0.25, 0.3) is 0 Å². The Morgan fingerprint density at radius 1 is 1.09 bits per heavy atom. The molecule has 2 aliphatic carbocycles. The molecule has 34 heavy (non-hydrogen) atoms. The number of carbonyl (C=O) groups excluding carboxylic acids is 1. The van der Waals surface area contributed by atoms with Crippen molar-refractivity contribution >= 4 is 11.6 Å². The molecular weight excluding hydrogens is 426 g/mol. The van der Waals surface area contributed by atoms with Crippen LogP contribution in [0.1, 0.15) is 76.7 Å². The Balaban J connectivity index is 0.990. The Hall–Kier alpha value is -1.66. The summed E-state index contributed by atoms with van der Waals surface area (Å²) in [4.78, 5) is 22.5. The van der Waals surface area contributed by atoms with E-state index in [-0.39, 0.29) is 5.92 Å². The standard InChI is InChI=1S/C28H43N3O3/c1-28(33)11-6-23(7-12-28)25(32)20-22-4-2-21(3-5-22)9-14-30-15-17-31(18-16-30)27-24-10-19-34-26(24)8-13-29-27/h8,13,21-23,33H,2-7,9-12,14-20H2,1H3. The molecule has 1 saturated heterocycles. The van der Waals surface area contributed by atoms with Crippen molar-refractivity contribution in [2.24, 2.45) is 17.8 Å². The highest BCUT2D eigenvalue weighted by Crippen LogP contribution is 2.37. The van der Waals surface area contributed by atoms with Gasteiger partial charge in [0.1, 0.15) is 17.4 Å². The molecule has 2 saturated carbocycles. The lowest BCUT2D eigenvalue weighted by Gasteiger charge is -2.37. The van der Waals surface area contributed by atoms with Crippen LogP contribution < -0.4 is 9.64 Å². The van der Waals surface area contributed by atoms with Gasteiger partial charge in [-0.1, -0.05) is 12.8 Å². The van der Waals surface area contributed by atoms with Crippen LogP contribution in [0.5, 0.6) is 5.75 Å². The fourth-order valence-corrected chi connectivity index (χ4v) is 6.66. The summed E-state index contributed by atoms with van der Waals surface area (Å²) in [5, 5.41) is 10.1. The van der Waals surface area contributed by atoms with Crippen molar-refractivity contribution < 1.29 is 14.6 Å². The quantitative estimate of drug-likeness (QED) is 0.645. The second kappa shape index (κ2) is 10.5. The van der Waals surface area contributed by atoms with E-state index in [4.69, 9.17) is 4.74 Å². The molecule has 2 aliphatic heterocycles. The molecule has 5 rings (SSSR count). The zero-order chi connectivity index (χ0) is 23.5. The summed E-state index contributed by atoms with van der Waals surface area (Å²) in [6.07, 6.45) is 13.3. The molecule has 1 aromatic rings. The summed E-state index contributed by atoms with van der Waals surface area (Å²) in [5.74, 6) is 4.26. The first-order valence-electron chi connectivity index (χ1n) is 13.8. The number of rotatable bonds is 7. The van der Waals surface area contributed by atoms with Gasteiger partial charge in [0.15, 0.2) is 0 Å². The second-order valence-electron chi connectivity index (χ2n) is 11.7. The van der Waals surface area contributed by atoms with Gasteiger partial charge in [-0.25, -0.2) is 4.98 Å². The van der Waals surface area contributed by atoms with Crippen LogP contribution in [0, 0.1) is 17.8 Å². The summed E-state index contributed by atoms with van der Waals surface area (Å²) in [5.41, 5.74) is 0.746. The predicted molar refractivity (Wildman–Crippen MR) is 134 cm³/mol. The number of fused-ring (bicyclic) bond motifs is 1. The fraction of sp³-hybridized carbons (Fsp3) is 0.786. The number of carbonyl (C=O) groups is 1. The van der Waals surface area contributed by atoms with Crippen molar-refractivity contribution in [2.45, 2.75) is 83.2 Å². The first-order valence-corrected chi connectivity index (χ1v) is 13.8. The molecule has 0 amide bonds. The smallest absolute Gasteiger partial charge is 0.136 e. The lowest BCUT2D eigenvalue weighted by Crippen LogP contribution is -2.47. The van der Waals surface area contributed by atoms with Crippen molar-refractivity contribution in [3.8, 4) is 5.75 Å². The Kier molecular flexibility index (Phi) is 7.45. The average molecular weight is 470 g/mol. The highest BCUT2D eigenvalue weighted by atomic mass is 16.5. The van der Waals surface area contributed by atoms with Crippen LogP contribution in [0.4, 0.5) is 5.82 Å². The van der Waals surface area contributed by atoms with E-state index in [9.17, 15) is 9.90 Å². The van der Waals surface area contributed by atoms with Crippen molar-refractivity contribution in [1.82, 2.24) is 9.88 Å². The van der Waals surface area contributed by atoms with Crippen molar-refractivity contribution in [1.29, 1.82) is 0 Å². The molecule has 0 spiro atoms. The summed E-state index contributed by atoms with van der Waals surface area (Å²) >= 11 is 0. The van der Waals surface area contributed by atoms with Gasteiger partial charge in [-0.15, -0.1) is 0 Å². The van der Waals surface area contributed by atoms with E-state index in [1.165, 1.54) is 44.2 Å². The predicted octanol–water partition coefficient (Wildman–Crippen LogP) is 4.24. The van der Waals surface area contributed by atoms with Crippen LogP contribution in [0.2, 0.25) is 0 Å². The second-order valence-corrected chi connectivity index (χ2v) is 11.7. The molecule has 0 aromatic carbocycles. The number of hydrogen-bond donors (Lipinski definition) is 1. The Morgan fingerprint density at radius 2 is 1.79 bits per heavy atom. The van der Waals surface area contributed by atoms with Gasteiger partial charge in [0, 0.05) is 56.7 Å². The molecule has 4 aliphatic rings. The monoisotopic (exact) mass is 469 g/mol. The van der Waals surface area contributed by atoms with E-state index in [1.54, 1.807) is 0 Å². The summed E-state index contributed by atoms with van der Waals surface area (Å²) in [6.45, 7) is 8.23. The van der Waals surface area contributed by atoms with Crippen molar-refractivity contribution in [3.63, 3.8) is 0 Å². The highest BCUT2D eigenvalue weighted by Gasteiger charge is 2.33. The van der Waals surface area contributed by atoms with Crippen LogP contribution in [0.25, 0.3) is 0 Å². The molecule has 3 fully saturated rings. The van der Waals surface area contributed by atoms with Crippen LogP contribution in [-0.4, -0.2) is 65.7 Å². The number of piperazine rings is 1. The number of anilines is 1. The third kappa shape index (κ3) is 5.76. The zero-order valence-corrected chi connectivity index (χ0v) is 21.0. The molecule has 6 nitrogen and oxygen atoms in total. The van der Waals surface area contributed by atoms with Crippen LogP contribution in [0.15, 0.2) is 12.3 Å². The van der Waals surface area contributed by atoms with Gasteiger partial charge in [0.2, 0.25) is 0 Å². The molecular formula is C28H43N3O3. The molecule has 0 unspecified atom stereocenters. The summed E-state index contributed by atoms with van der Waals surface area (Å²) < 4.78 is 5.72. The van der Waals surface area contributed by atoms with E-state index < -0.39 is 5.60 Å². The summed E-state index contributed by atoms with van der Waals surface area (Å²) in [6, 6.07) is 1.99. The van der Waals surface area contributed by atoms with Gasteiger partial charge in [-0.05, 0) is 76.3 Å². The largest absolute Gasteiger partial charge is 0.493 e. The van der Waals surface area contributed by atoms with E-state index in [0.29, 0.717) is 11.7 Å². The third-order valence-electron chi connectivity index (χ3n) is 9.10. The number of aliphatic hydroxyl groups is 1. The molecule has 188 valence electrons. The maximum Gasteiger partial charge on any atom is 0.136 e. The van der Waals surface area contributed by atoms with Crippen molar-refractivity contribution in [2.75, 3.05) is 44.2 Å². The highest BCUT2D eigenvalue weighted by molar-refractivity contribution is 5.81. The van der Waals surface area contributed by atoms with Gasteiger partial charge in [-0.3, -0.25) is 9.69 Å². The van der Waals surface area contributed by atoms with E-state index in [0.717, 1.165) is 88.8 Å². The molecule has 6 heteroatoms. The minimum atomic E-state index is -0.547. The van der Waals surface area contributed by atoms with E-state index in [2.05, 4.69) is 14.8 Å². The molecule has 0 radical (unpaired) electrons.